The molecule has 2 heterocycles. The Hall–Kier alpha value is -1.69. The van der Waals surface area contributed by atoms with Crippen molar-refractivity contribution in [1.29, 1.82) is 0 Å². The van der Waals surface area contributed by atoms with Crippen molar-refractivity contribution in [3.8, 4) is 11.4 Å². The van der Waals surface area contributed by atoms with E-state index in [9.17, 15) is 0 Å². The molecule has 2 aromatic rings. The van der Waals surface area contributed by atoms with Gasteiger partial charge in [-0.1, -0.05) is 12.1 Å². The number of hydrogen-bond acceptors (Lipinski definition) is 4. The van der Waals surface area contributed by atoms with E-state index in [0.29, 0.717) is 0 Å². The van der Waals surface area contributed by atoms with Crippen LogP contribution in [-0.2, 0) is 20.1 Å². The number of aryl methyl sites for hydroxylation is 2. The Morgan fingerprint density at radius 3 is 2.78 bits per heavy atom. The molecular formula is C12H20N6. The number of nitrogens with one attached hydrogen (secondary N) is 1. The molecule has 0 spiro atoms. The predicted octanol–water partition coefficient (Wildman–Crippen LogP) is 1.20. The molecule has 0 bridgehead atoms. The van der Waals surface area contributed by atoms with Crippen LogP contribution in [0.5, 0.6) is 0 Å². The van der Waals surface area contributed by atoms with Crippen LogP contribution in [0.1, 0.15) is 26.0 Å². The van der Waals surface area contributed by atoms with E-state index in [1.807, 2.05) is 22.5 Å². The van der Waals surface area contributed by atoms with Gasteiger partial charge in [-0.05, 0) is 26.0 Å². The number of rotatable bonds is 6. The van der Waals surface area contributed by atoms with Crippen LogP contribution in [0.2, 0.25) is 0 Å². The Labute approximate surface area is 107 Å². The standard InChI is InChI=1S/C12H20N6/c1-4-7-13-9-10-12(18(5-2)16-15-10)11-6-8-14-17(11)3/h6,8,13H,4-5,7,9H2,1-3H3. The molecule has 2 aromatic heterocycles. The molecule has 18 heavy (non-hydrogen) atoms. The predicted molar refractivity (Wildman–Crippen MR) is 69.9 cm³/mol. The van der Waals surface area contributed by atoms with E-state index in [4.69, 9.17) is 0 Å². The van der Waals surface area contributed by atoms with Crippen LogP contribution in [0.25, 0.3) is 11.4 Å². The fraction of sp³-hybridized carbons (Fsp3) is 0.583. The molecule has 0 saturated carbocycles. The minimum absolute atomic E-state index is 0.744. The van der Waals surface area contributed by atoms with Crippen LogP contribution in [0.3, 0.4) is 0 Å². The summed E-state index contributed by atoms with van der Waals surface area (Å²) in [6.45, 7) is 6.76. The summed E-state index contributed by atoms with van der Waals surface area (Å²) in [5.41, 5.74) is 3.09. The highest BCUT2D eigenvalue weighted by Crippen LogP contribution is 2.21. The summed E-state index contributed by atoms with van der Waals surface area (Å²) in [7, 11) is 1.94. The third kappa shape index (κ3) is 2.43. The molecule has 0 atom stereocenters. The average molecular weight is 248 g/mol. The smallest absolute Gasteiger partial charge is 0.111 e. The first-order valence-electron chi connectivity index (χ1n) is 6.39. The lowest BCUT2D eigenvalue weighted by molar-refractivity contribution is 0.625. The maximum atomic E-state index is 4.27. The Bertz CT molecular complexity index is 498. The second-order valence-corrected chi connectivity index (χ2v) is 4.22. The second kappa shape index (κ2) is 5.77. The molecule has 0 radical (unpaired) electrons. The SMILES string of the molecule is CCCNCc1nnn(CC)c1-c1ccnn1C. The van der Waals surface area contributed by atoms with Gasteiger partial charge < -0.3 is 5.32 Å². The molecule has 2 rings (SSSR count). The summed E-state index contributed by atoms with van der Waals surface area (Å²) in [5.74, 6) is 0. The van der Waals surface area contributed by atoms with Crippen LogP contribution >= 0.6 is 0 Å². The van der Waals surface area contributed by atoms with Crippen molar-refractivity contribution < 1.29 is 0 Å². The Morgan fingerprint density at radius 1 is 1.33 bits per heavy atom. The van der Waals surface area contributed by atoms with Crippen molar-refractivity contribution in [2.75, 3.05) is 6.54 Å². The molecule has 0 aliphatic heterocycles. The van der Waals surface area contributed by atoms with E-state index in [-0.39, 0.29) is 0 Å². The molecule has 0 aliphatic carbocycles. The highest BCUT2D eigenvalue weighted by molar-refractivity contribution is 5.57. The normalized spacial score (nSPS) is 11.1. The van der Waals surface area contributed by atoms with Gasteiger partial charge in [-0.15, -0.1) is 5.10 Å². The lowest BCUT2D eigenvalue weighted by atomic mass is 10.2. The van der Waals surface area contributed by atoms with Crippen LogP contribution in [0.15, 0.2) is 12.3 Å². The molecule has 0 aromatic carbocycles. The van der Waals surface area contributed by atoms with E-state index in [2.05, 4.69) is 34.6 Å². The first-order chi connectivity index (χ1) is 8.77. The van der Waals surface area contributed by atoms with Crippen LogP contribution in [0, 0.1) is 0 Å². The van der Waals surface area contributed by atoms with Gasteiger partial charge in [0.25, 0.3) is 0 Å². The van der Waals surface area contributed by atoms with Crippen molar-refractivity contribution in [2.24, 2.45) is 7.05 Å². The zero-order valence-corrected chi connectivity index (χ0v) is 11.2. The average Bonchev–Trinajstić information content (AvgIpc) is 2.95. The van der Waals surface area contributed by atoms with Gasteiger partial charge in [-0.25, -0.2) is 4.68 Å². The lowest BCUT2D eigenvalue weighted by Crippen LogP contribution is -2.15. The minimum atomic E-state index is 0.744. The van der Waals surface area contributed by atoms with Crippen molar-refractivity contribution in [1.82, 2.24) is 30.1 Å². The second-order valence-electron chi connectivity index (χ2n) is 4.22. The summed E-state index contributed by atoms with van der Waals surface area (Å²) in [6, 6.07) is 1.99. The van der Waals surface area contributed by atoms with Gasteiger partial charge in [-0.2, -0.15) is 5.10 Å². The van der Waals surface area contributed by atoms with E-state index in [1.165, 1.54) is 0 Å². The minimum Gasteiger partial charge on any atom is -0.311 e. The van der Waals surface area contributed by atoms with Crippen molar-refractivity contribution in [2.45, 2.75) is 33.4 Å². The summed E-state index contributed by atoms with van der Waals surface area (Å²) in [4.78, 5) is 0. The molecule has 6 heteroatoms. The first-order valence-corrected chi connectivity index (χ1v) is 6.39. The Kier molecular flexibility index (Phi) is 4.09. The summed E-state index contributed by atoms with van der Waals surface area (Å²) in [6.07, 6.45) is 2.91. The summed E-state index contributed by atoms with van der Waals surface area (Å²) in [5, 5.41) is 16.0. The van der Waals surface area contributed by atoms with Crippen LogP contribution in [-0.4, -0.2) is 31.3 Å². The first kappa shape index (κ1) is 12.8. The van der Waals surface area contributed by atoms with Crippen molar-refractivity contribution in [3.63, 3.8) is 0 Å². The van der Waals surface area contributed by atoms with E-state index in [1.54, 1.807) is 6.20 Å². The molecule has 6 nitrogen and oxygen atoms in total. The van der Waals surface area contributed by atoms with E-state index in [0.717, 1.165) is 43.1 Å². The third-order valence-corrected chi connectivity index (χ3v) is 2.89. The number of aromatic nitrogens is 5. The maximum absolute atomic E-state index is 4.27. The third-order valence-electron chi connectivity index (χ3n) is 2.89. The van der Waals surface area contributed by atoms with Gasteiger partial charge in [-0.3, -0.25) is 4.68 Å². The largest absolute Gasteiger partial charge is 0.311 e. The zero-order valence-electron chi connectivity index (χ0n) is 11.2. The summed E-state index contributed by atoms with van der Waals surface area (Å²) >= 11 is 0. The monoisotopic (exact) mass is 248 g/mol. The fourth-order valence-corrected chi connectivity index (χ4v) is 1.96. The van der Waals surface area contributed by atoms with Gasteiger partial charge in [0, 0.05) is 26.3 Å². The van der Waals surface area contributed by atoms with Crippen LogP contribution < -0.4 is 5.32 Å². The summed E-state index contributed by atoms with van der Waals surface area (Å²) < 4.78 is 3.77. The number of nitrogens with zero attached hydrogens (tertiary/aromatic N) is 5. The van der Waals surface area contributed by atoms with Crippen molar-refractivity contribution in [3.05, 3.63) is 18.0 Å². The van der Waals surface area contributed by atoms with Gasteiger partial charge in [0.2, 0.25) is 0 Å². The molecule has 1 N–H and O–H groups in total. The molecule has 98 valence electrons. The molecule has 0 saturated heterocycles. The molecule has 0 amide bonds. The quantitative estimate of drug-likeness (QED) is 0.780. The van der Waals surface area contributed by atoms with Crippen molar-refractivity contribution >= 4 is 0 Å². The molecule has 0 fully saturated rings. The fourth-order valence-electron chi connectivity index (χ4n) is 1.96. The lowest BCUT2D eigenvalue weighted by Gasteiger charge is -2.07. The van der Waals surface area contributed by atoms with E-state index >= 15 is 0 Å². The molecule has 0 aliphatic rings. The maximum Gasteiger partial charge on any atom is 0.111 e. The zero-order chi connectivity index (χ0) is 13.0. The van der Waals surface area contributed by atoms with Gasteiger partial charge in [0.15, 0.2) is 0 Å². The topological polar surface area (TPSA) is 60.6 Å². The molecular weight excluding hydrogens is 228 g/mol. The number of hydrogen-bond donors (Lipinski definition) is 1. The van der Waals surface area contributed by atoms with E-state index < -0.39 is 0 Å². The Morgan fingerprint density at radius 2 is 2.17 bits per heavy atom. The van der Waals surface area contributed by atoms with Gasteiger partial charge in [0.05, 0.1) is 5.69 Å². The Balaban J connectivity index is 2.31. The van der Waals surface area contributed by atoms with Gasteiger partial charge >= 0.3 is 0 Å². The molecule has 0 unspecified atom stereocenters. The highest BCUT2D eigenvalue weighted by Gasteiger charge is 2.16. The van der Waals surface area contributed by atoms with Gasteiger partial charge in [0.1, 0.15) is 11.4 Å². The highest BCUT2D eigenvalue weighted by atomic mass is 15.4. The van der Waals surface area contributed by atoms with Crippen LogP contribution in [0.4, 0.5) is 0 Å².